The summed E-state index contributed by atoms with van der Waals surface area (Å²) < 4.78 is 32.2. The lowest BCUT2D eigenvalue weighted by Gasteiger charge is -2.47. The number of aliphatic hydroxyl groups excluding tert-OH is 14. The van der Waals surface area contributed by atoms with Crippen molar-refractivity contribution in [3.8, 4) is 0 Å². The predicted molar refractivity (Wildman–Crippen MR) is 135 cm³/mol. The van der Waals surface area contributed by atoms with Crippen molar-refractivity contribution in [2.45, 2.75) is 117 Å². The molecule has 3 aliphatic heterocycles. The summed E-state index contributed by atoms with van der Waals surface area (Å²) in [5.41, 5.74) is 0. The van der Waals surface area contributed by atoms with Crippen LogP contribution in [0.2, 0.25) is 0 Å². The van der Waals surface area contributed by atoms with Gasteiger partial charge in [-0.05, 0) is 0 Å². The SMILES string of the molecule is O=[13CH][13C@H](O)[13C@@H](O)[13C@H](O[C@H]1O[C@H](CO)[C@@H](O[C@H]2O[C@H](CO[C@H]3O[C@H](CO)[C@@H](O)[C@H](O)[C@H]3O)[C@@H](O)[C@H](O)[C@H]2O)[C@H](O)[C@H]1O)[13C@H](O)[13CH2]O. The highest BCUT2D eigenvalue weighted by molar-refractivity contribution is 5.56. The van der Waals surface area contributed by atoms with Gasteiger partial charge in [-0.15, -0.1) is 0 Å². The van der Waals surface area contributed by atoms with Crippen molar-refractivity contribution in [1.29, 1.82) is 0 Å². The van der Waals surface area contributed by atoms with Crippen LogP contribution >= 0.6 is 0 Å². The highest BCUT2D eigenvalue weighted by Gasteiger charge is 2.52. The molecule has 3 rings (SSSR count). The molecule has 45 heavy (non-hydrogen) atoms. The smallest absolute Gasteiger partial charge is 0.187 e. The summed E-state index contributed by atoms with van der Waals surface area (Å²) in [6, 6.07) is 0. The van der Waals surface area contributed by atoms with E-state index in [4.69, 9.17) is 28.4 Å². The van der Waals surface area contributed by atoms with Crippen LogP contribution in [0.25, 0.3) is 0 Å². The zero-order valence-corrected chi connectivity index (χ0v) is 23.5. The molecule has 0 bridgehead atoms. The van der Waals surface area contributed by atoms with Gasteiger partial charge in [-0.25, -0.2) is 0 Å². The van der Waals surface area contributed by atoms with Gasteiger partial charge < -0.3 is 105 Å². The number of carbonyl (C=O) groups excluding carboxylic acids is 1. The predicted octanol–water partition coefficient (Wildman–Crippen LogP) is -9.91. The molecule has 0 radical (unpaired) electrons. The minimum absolute atomic E-state index is 0.0957. The second kappa shape index (κ2) is 16.8. The number of rotatable bonds is 14. The molecular formula is C24H42O21. The van der Waals surface area contributed by atoms with E-state index in [1.54, 1.807) is 0 Å². The summed E-state index contributed by atoms with van der Waals surface area (Å²) in [5, 5.41) is 141. The summed E-state index contributed by atoms with van der Waals surface area (Å²) >= 11 is 0. The van der Waals surface area contributed by atoms with E-state index in [-0.39, 0.29) is 6.29 Å². The number of carbonyl (C=O) groups is 1. The van der Waals surface area contributed by atoms with Crippen molar-refractivity contribution in [2.24, 2.45) is 0 Å². The Bertz CT molecular complexity index is 897. The molecule has 0 aromatic rings. The van der Waals surface area contributed by atoms with Gasteiger partial charge in [0.05, 0.1) is 26.4 Å². The lowest BCUT2D eigenvalue weighted by molar-refractivity contribution is -0.371. The van der Waals surface area contributed by atoms with E-state index in [2.05, 4.69) is 0 Å². The van der Waals surface area contributed by atoms with Gasteiger partial charge in [-0.2, -0.15) is 0 Å². The zero-order chi connectivity index (χ0) is 33.7. The van der Waals surface area contributed by atoms with Gasteiger partial charge in [0, 0.05) is 0 Å². The van der Waals surface area contributed by atoms with E-state index in [1.165, 1.54) is 0 Å². The fourth-order valence-electron chi connectivity index (χ4n) is 4.98. The lowest BCUT2D eigenvalue weighted by Crippen LogP contribution is -2.65. The number of hydrogen-bond acceptors (Lipinski definition) is 21. The van der Waals surface area contributed by atoms with E-state index in [1.807, 2.05) is 0 Å². The summed E-state index contributed by atoms with van der Waals surface area (Å²) in [7, 11) is 0. The Morgan fingerprint density at radius 1 is 0.622 bits per heavy atom. The molecule has 19 atom stereocenters. The molecular weight excluding hydrogens is 630 g/mol. The van der Waals surface area contributed by atoms with Crippen LogP contribution in [0.5, 0.6) is 0 Å². The Labute approximate surface area is 254 Å². The molecule has 3 fully saturated rings. The second-order valence-corrected chi connectivity index (χ2v) is 10.8. The minimum atomic E-state index is -2.14. The van der Waals surface area contributed by atoms with Crippen molar-refractivity contribution in [3.05, 3.63) is 0 Å². The number of aldehydes is 1. The van der Waals surface area contributed by atoms with Crippen molar-refractivity contribution >= 4 is 6.29 Å². The molecule has 0 saturated carbocycles. The Morgan fingerprint density at radius 2 is 1.13 bits per heavy atom. The first-order chi connectivity index (χ1) is 21.2. The molecule has 3 saturated heterocycles. The molecule has 0 spiro atoms. The third-order valence-electron chi connectivity index (χ3n) is 7.74. The Kier molecular flexibility index (Phi) is 14.3. The maximum Gasteiger partial charge on any atom is 0.187 e. The van der Waals surface area contributed by atoms with Gasteiger partial charge in [-0.1, -0.05) is 0 Å². The van der Waals surface area contributed by atoms with Gasteiger partial charge in [0.25, 0.3) is 0 Å². The maximum absolute atomic E-state index is 10.9. The quantitative estimate of drug-likeness (QED) is 0.0601. The first-order valence-corrected chi connectivity index (χ1v) is 13.9. The highest BCUT2D eigenvalue weighted by atomic mass is 16.8. The van der Waals surface area contributed by atoms with E-state index < -0.39 is 143 Å². The van der Waals surface area contributed by atoms with Crippen molar-refractivity contribution < 1.29 is 105 Å². The van der Waals surface area contributed by atoms with E-state index in [9.17, 15) is 76.3 Å². The largest absolute Gasteiger partial charge is 0.394 e. The minimum Gasteiger partial charge on any atom is -0.394 e. The monoisotopic (exact) mass is 672 g/mol. The Hall–Kier alpha value is -1.13. The van der Waals surface area contributed by atoms with E-state index in [0.717, 1.165) is 0 Å². The average Bonchev–Trinajstić information content (AvgIpc) is 3.04. The maximum atomic E-state index is 10.9. The van der Waals surface area contributed by atoms with Crippen LogP contribution in [-0.4, -0.2) is 221 Å². The molecule has 21 nitrogen and oxygen atoms in total. The summed E-state index contributed by atoms with van der Waals surface area (Å²) in [6.45, 7) is -3.46. The molecule has 14 N–H and O–H groups in total. The van der Waals surface area contributed by atoms with Gasteiger partial charge in [0.1, 0.15) is 97.7 Å². The van der Waals surface area contributed by atoms with Crippen molar-refractivity contribution in [3.63, 3.8) is 0 Å². The molecule has 3 aliphatic rings. The summed E-state index contributed by atoms with van der Waals surface area (Å²) in [5.74, 6) is 0. The average molecular weight is 673 g/mol. The summed E-state index contributed by atoms with van der Waals surface area (Å²) in [6.07, 6.45) is -35.3. The van der Waals surface area contributed by atoms with Crippen LogP contribution in [0, 0.1) is 0 Å². The first-order valence-electron chi connectivity index (χ1n) is 13.9. The number of aliphatic hydroxyl groups is 14. The van der Waals surface area contributed by atoms with Crippen LogP contribution in [-0.2, 0) is 33.2 Å². The van der Waals surface area contributed by atoms with Gasteiger partial charge in [0.2, 0.25) is 0 Å². The van der Waals surface area contributed by atoms with Gasteiger partial charge >= 0.3 is 0 Å². The molecule has 0 amide bonds. The Morgan fingerprint density at radius 3 is 1.69 bits per heavy atom. The third kappa shape index (κ3) is 8.48. The fraction of sp³-hybridized carbons (Fsp3) is 0.958. The van der Waals surface area contributed by atoms with Crippen LogP contribution in [0.3, 0.4) is 0 Å². The first kappa shape index (κ1) is 38.3. The third-order valence-corrected chi connectivity index (χ3v) is 7.74. The van der Waals surface area contributed by atoms with Crippen LogP contribution in [0.1, 0.15) is 0 Å². The topological polar surface area (TPSA) is 356 Å². The van der Waals surface area contributed by atoms with Gasteiger partial charge in [0.15, 0.2) is 25.2 Å². The number of ether oxygens (including phenoxy) is 6. The second-order valence-electron chi connectivity index (χ2n) is 10.8. The van der Waals surface area contributed by atoms with Crippen LogP contribution < -0.4 is 0 Å². The van der Waals surface area contributed by atoms with E-state index in [0.29, 0.717) is 0 Å². The van der Waals surface area contributed by atoms with Gasteiger partial charge in [-0.3, -0.25) is 0 Å². The highest BCUT2D eigenvalue weighted by Crippen LogP contribution is 2.31. The fourth-order valence-corrected chi connectivity index (χ4v) is 4.98. The van der Waals surface area contributed by atoms with Crippen molar-refractivity contribution in [2.75, 3.05) is 26.4 Å². The van der Waals surface area contributed by atoms with Crippen LogP contribution in [0.4, 0.5) is 0 Å². The van der Waals surface area contributed by atoms with E-state index >= 15 is 0 Å². The van der Waals surface area contributed by atoms with Crippen molar-refractivity contribution in [1.82, 2.24) is 0 Å². The molecule has 3 heterocycles. The summed E-state index contributed by atoms with van der Waals surface area (Å²) in [4.78, 5) is 10.9. The zero-order valence-electron chi connectivity index (χ0n) is 23.5. The molecule has 0 unspecified atom stereocenters. The molecule has 21 heteroatoms. The molecule has 264 valence electrons. The molecule has 0 aliphatic carbocycles. The Balaban J connectivity index is 1.70. The normalized spacial score (nSPS) is 45.4. The number of hydrogen-bond donors (Lipinski definition) is 14. The lowest BCUT2D eigenvalue weighted by atomic mass is 9.97. The standard InChI is InChI=1S/C24H42O21/c25-1-6(29)11(31)20(7(30)2-26)44-24-19(39)16(36)21(9(4-28)42-24)45-23-18(38)15(35)13(33)10(43-23)5-40-22-17(37)14(34)12(32)8(3-27)41-22/h1,6-24,26-39H,2-5H2/t6-,7+,8+,9+,10+,11+,12+,13+,14-,15-,16+,17+,18+,19+,20+,21+,22-,23+,24+/m0/s1/i1+1,2+1,6+1,7+1,11+1,20+1. The van der Waals surface area contributed by atoms with Crippen LogP contribution in [0.15, 0.2) is 0 Å². The molecule has 0 aromatic heterocycles. The molecule has 0 aromatic carbocycles.